The minimum Gasteiger partial charge on any atom is -0.303 e. The van der Waals surface area contributed by atoms with Gasteiger partial charge in [0.15, 0.2) is 0 Å². The first-order valence-corrected chi connectivity index (χ1v) is 9.49. The predicted octanol–water partition coefficient (Wildman–Crippen LogP) is 1.36. The molecule has 10 nitrogen and oxygen atoms in total. The Kier molecular flexibility index (Phi) is 5.97. The summed E-state index contributed by atoms with van der Waals surface area (Å²) in [5, 5.41) is 0. The minimum atomic E-state index is -4.58. The van der Waals surface area contributed by atoms with E-state index in [9.17, 15) is 9.13 Å². The summed E-state index contributed by atoms with van der Waals surface area (Å²) >= 11 is 0. The van der Waals surface area contributed by atoms with Gasteiger partial charge in [-0.2, -0.15) is 0 Å². The van der Waals surface area contributed by atoms with Gasteiger partial charge >= 0.3 is 15.6 Å². The lowest BCUT2D eigenvalue weighted by Crippen LogP contribution is -1.96. The summed E-state index contributed by atoms with van der Waals surface area (Å²) in [6, 6.07) is 6.12. The van der Waals surface area contributed by atoms with Crippen molar-refractivity contribution in [2.45, 2.75) is 13.2 Å². The lowest BCUT2D eigenvalue weighted by molar-refractivity contribution is 0.187. The van der Waals surface area contributed by atoms with Crippen LogP contribution in [0.3, 0.4) is 0 Å². The van der Waals surface area contributed by atoms with Crippen LogP contribution in [-0.4, -0.2) is 29.5 Å². The van der Waals surface area contributed by atoms with Crippen LogP contribution in [0.15, 0.2) is 36.7 Å². The number of phosphoric acid groups is 2. The lowest BCUT2D eigenvalue weighted by Gasteiger charge is -2.08. The van der Waals surface area contributed by atoms with Gasteiger partial charge in [0.2, 0.25) is 0 Å². The van der Waals surface area contributed by atoms with Gasteiger partial charge < -0.3 is 19.6 Å². The van der Waals surface area contributed by atoms with Crippen LogP contribution in [0.2, 0.25) is 0 Å². The van der Waals surface area contributed by atoms with Gasteiger partial charge in [0.25, 0.3) is 0 Å². The Labute approximate surface area is 136 Å². The van der Waals surface area contributed by atoms with Crippen LogP contribution in [0.4, 0.5) is 0 Å². The second kappa shape index (κ2) is 7.60. The third-order valence-corrected chi connectivity index (χ3v) is 3.64. The maximum absolute atomic E-state index is 10.7. The average Bonchev–Trinajstić information content (AvgIpc) is 2.50. The van der Waals surface area contributed by atoms with Gasteiger partial charge in [-0.3, -0.25) is 19.0 Å². The van der Waals surface area contributed by atoms with Crippen molar-refractivity contribution in [1.29, 1.82) is 0 Å². The van der Waals surface area contributed by atoms with E-state index in [1.54, 1.807) is 0 Å². The van der Waals surface area contributed by atoms with Crippen molar-refractivity contribution in [3.05, 3.63) is 47.8 Å². The highest BCUT2D eigenvalue weighted by Crippen LogP contribution is 2.38. The molecule has 4 N–H and O–H groups in total. The van der Waals surface area contributed by atoms with E-state index in [1.807, 2.05) is 0 Å². The van der Waals surface area contributed by atoms with Crippen molar-refractivity contribution >= 4 is 15.6 Å². The zero-order chi connectivity index (χ0) is 17.8. The van der Waals surface area contributed by atoms with Crippen molar-refractivity contribution < 1.29 is 37.8 Å². The smallest absolute Gasteiger partial charge is 0.303 e. The second-order valence-electron chi connectivity index (χ2n) is 4.63. The van der Waals surface area contributed by atoms with Gasteiger partial charge in [0, 0.05) is 12.4 Å². The van der Waals surface area contributed by atoms with Crippen molar-refractivity contribution in [2.75, 3.05) is 0 Å². The Morgan fingerprint density at radius 3 is 1.50 bits per heavy atom. The first-order valence-electron chi connectivity index (χ1n) is 6.43. The van der Waals surface area contributed by atoms with Crippen molar-refractivity contribution in [3.8, 4) is 11.4 Å². The number of hydrogen-bond donors (Lipinski definition) is 4. The van der Waals surface area contributed by atoms with Gasteiger partial charge in [-0.1, -0.05) is 0 Å². The maximum Gasteiger partial charge on any atom is 0.469 e. The Bertz CT molecular complexity index is 736. The summed E-state index contributed by atoms with van der Waals surface area (Å²) in [5.74, 6) is 0. The fourth-order valence-corrected chi connectivity index (χ4v) is 2.36. The molecule has 0 aliphatic carbocycles. The molecule has 2 aromatic heterocycles. The zero-order valence-corrected chi connectivity index (χ0v) is 13.9. The molecule has 0 spiro atoms. The highest BCUT2D eigenvalue weighted by atomic mass is 31.2. The van der Waals surface area contributed by atoms with Gasteiger partial charge in [-0.25, -0.2) is 9.13 Å². The van der Waals surface area contributed by atoms with E-state index >= 15 is 0 Å². The van der Waals surface area contributed by atoms with E-state index in [4.69, 9.17) is 19.6 Å². The van der Waals surface area contributed by atoms with Crippen LogP contribution < -0.4 is 0 Å². The van der Waals surface area contributed by atoms with Crippen molar-refractivity contribution in [1.82, 2.24) is 9.97 Å². The number of nitrogens with zero attached hydrogens (tertiary/aromatic N) is 2. The van der Waals surface area contributed by atoms with Gasteiger partial charge in [0.05, 0.1) is 24.6 Å². The van der Waals surface area contributed by atoms with Crippen molar-refractivity contribution in [2.24, 2.45) is 0 Å². The standard InChI is InChI=1S/C12H14N2O8P2/c15-23(16,17)21-7-9-1-3-13-11(5-9)12-6-10(2-4-14-12)8-22-24(18,19)20/h1-6H,7-8H2,(H2,15,16,17)(H2,18,19,20). The van der Waals surface area contributed by atoms with Crippen LogP contribution in [0.1, 0.15) is 11.1 Å². The molecule has 0 unspecified atom stereocenters. The van der Waals surface area contributed by atoms with Crippen LogP contribution in [0, 0.1) is 0 Å². The molecule has 0 radical (unpaired) electrons. The molecule has 2 aromatic rings. The fraction of sp³-hybridized carbons (Fsp3) is 0.167. The summed E-state index contributed by atoms with van der Waals surface area (Å²) < 4.78 is 30.3. The molecule has 0 atom stereocenters. The number of hydrogen-bond acceptors (Lipinski definition) is 6. The summed E-state index contributed by atoms with van der Waals surface area (Å²) in [5.41, 5.74) is 1.75. The third-order valence-electron chi connectivity index (χ3n) is 2.71. The number of rotatable bonds is 7. The Hall–Kier alpha value is -1.48. The fourth-order valence-electron chi connectivity index (χ4n) is 1.73. The summed E-state index contributed by atoms with van der Waals surface area (Å²) in [7, 11) is -9.15. The summed E-state index contributed by atoms with van der Waals surface area (Å²) in [4.78, 5) is 43.0. The number of phosphoric ester groups is 2. The Morgan fingerprint density at radius 2 is 1.17 bits per heavy atom. The number of aromatic nitrogens is 2. The summed E-state index contributed by atoms with van der Waals surface area (Å²) in [6.07, 6.45) is 2.85. The molecule has 0 aliphatic heterocycles. The predicted molar refractivity (Wildman–Crippen MR) is 81.1 cm³/mol. The molecule has 0 aliphatic rings. The highest BCUT2D eigenvalue weighted by molar-refractivity contribution is 7.46. The molecule has 24 heavy (non-hydrogen) atoms. The van der Waals surface area contributed by atoms with E-state index in [0.29, 0.717) is 22.5 Å². The molecule has 130 valence electrons. The molecule has 0 amide bonds. The second-order valence-corrected chi connectivity index (χ2v) is 7.11. The van der Waals surface area contributed by atoms with Crippen LogP contribution in [-0.2, 0) is 31.4 Å². The highest BCUT2D eigenvalue weighted by Gasteiger charge is 2.15. The minimum absolute atomic E-state index is 0.305. The van der Waals surface area contributed by atoms with E-state index in [0.717, 1.165) is 0 Å². The van der Waals surface area contributed by atoms with E-state index in [-0.39, 0.29) is 13.2 Å². The van der Waals surface area contributed by atoms with Gasteiger partial charge in [-0.15, -0.1) is 0 Å². The Balaban J connectivity index is 2.16. The molecular formula is C12H14N2O8P2. The third kappa shape index (κ3) is 6.56. The SMILES string of the molecule is O=P(O)(O)OCc1ccnc(-c2cc(COP(=O)(O)O)ccn2)c1. The Morgan fingerprint density at radius 1 is 0.792 bits per heavy atom. The molecule has 0 aromatic carbocycles. The largest absolute Gasteiger partial charge is 0.469 e. The average molecular weight is 376 g/mol. The zero-order valence-electron chi connectivity index (χ0n) is 12.1. The lowest BCUT2D eigenvalue weighted by atomic mass is 10.1. The monoisotopic (exact) mass is 376 g/mol. The van der Waals surface area contributed by atoms with E-state index < -0.39 is 15.6 Å². The van der Waals surface area contributed by atoms with Crippen LogP contribution in [0.25, 0.3) is 11.4 Å². The quantitative estimate of drug-likeness (QED) is 0.520. The van der Waals surface area contributed by atoms with E-state index in [2.05, 4.69) is 19.0 Å². The van der Waals surface area contributed by atoms with Gasteiger partial charge in [-0.05, 0) is 35.4 Å². The topological polar surface area (TPSA) is 159 Å². The number of pyridine rings is 2. The molecular weight excluding hydrogens is 362 g/mol. The molecule has 2 heterocycles. The molecule has 12 heteroatoms. The molecule has 0 fully saturated rings. The van der Waals surface area contributed by atoms with E-state index in [1.165, 1.54) is 36.7 Å². The molecule has 0 saturated heterocycles. The first-order chi connectivity index (χ1) is 11.1. The molecule has 0 bridgehead atoms. The van der Waals surface area contributed by atoms with Crippen LogP contribution >= 0.6 is 15.6 Å². The molecule has 2 rings (SSSR count). The van der Waals surface area contributed by atoms with Crippen LogP contribution in [0.5, 0.6) is 0 Å². The van der Waals surface area contributed by atoms with Crippen molar-refractivity contribution in [3.63, 3.8) is 0 Å². The normalized spacial score (nSPS) is 12.3. The van der Waals surface area contributed by atoms with Gasteiger partial charge in [0.1, 0.15) is 0 Å². The maximum atomic E-state index is 10.7. The molecule has 0 saturated carbocycles. The summed E-state index contributed by atoms with van der Waals surface area (Å²) in [6.45, 7) is -0.610. The first kappa shape index (κ1) is 18.9.